The van der Waals surface area contributed by atoms with Gasteiger partial charge in [-0.15, -0.1) is 23.3 Å². The SMILES string of the molecule is NC(N)=O.SS. The molecule has 0 saturated heterocycles. The Balaban J connectivity index is 0. The van der Waals surface area contributed by atoms with Crippen LogP contribution < -0.4 is 11.5 Å². The van der Waals surface area contributed by atoms with Crippen molar-refractivity contribution in [3.8, 4) is 0 Å². The van der Waals surface area contributed by atoms with Gasteiger partial charge in [-0.25, -0.2) is 4.79 Å². The van der Waals surface area contributed by atoms with Gasteiger partial charge in [0.15, 0.2) is 0 Å². The van der Waals surface area contributed by atoms with Crippen molar-refractivity contribution in [1.82, 2.24) is 0 Å². The normalized spacial score (nSPS) is 5.00. The number of hydrogen-bond donors (Lipinski definition) is 4. The van der Waals surface area contributed by atoms with Crippen molar-refractivity contribution in [2.45, 2.75) is 0 Å². The monoisotopic (exact) mass is 126 g/mol. The van der Waals surface area contributed by atoms with Crippen LogP contribution in [0.1, 0.15) is 0 Å². The van der Waals surface area contributed by atoms with Gasteiger partial charge < -0.3 is 11.5 Å². The third-order valence-electron chi connectivity index (χ3n) is 0. The summed E-state index contributed by atoms with van der Waals surface area (Å²) < 4.78 is 0. The van der Waals surface area contributed by atoms with E-state index in [1.165, 1.54) is 0 Å². The molecule has 0 aromatic carbocycles. The first-order valence-electron chi connectivity index (χ1n) is 0.981. The molecule has 0 saturated carbocycles. The molecule has 3 nitrogen and oxygen atoms in total. The summed E-state index contributed by atoms with van der Waals surface area (Å²) in [5.74, 6) is 0. The molecule has 0 aliphatic carbocycles. The fourth-order valence-corrected chi connectivity index (χ4v) is 0. The Morgan fingerprint density at radius 2 is 1.33 bits per heavy atom. The van der Waals surface area contributed by atoms with Crippen LogP contribution in [-0.4, -0.2) is 6.03 Å². The fourth-order valence-electron chi connectivity index (χ4n) is 0. The number of rotatable bonds is 0. The van der Waals surface area contributed by atoms with E-state index in [1.807, 2.05) is 0 Å². The predicted molar refractivity (Wildman–Crippen MR) is 31.7 cm³/mol. The van der Waals surface area contributed by atoms with E-state index in [0.29, 0.717) is 0 Å². The second-order valence-corrected chi connectivity index (χ2v) is 0.402. The van der Waals surface area contributed by atoms with E-state index in [1.54, 1.807) is 0 Å². The molecule has 0 aliphatic heterocycles. The molecular formula is CH6N2OS2. The molecule has 0 heterocycles. The minimum atomic E-state index is -0.833. The molecule has 0 spiro atoms. The highest BCUT2D eigenvalue weighted by atomic mass is 33.1. The zero-order chi connectivity index (χ0) is 5.58. The summed E-state index contributed by atoms with van der Waals surface area (Å²) in [6, 6.07) is -0.833. The van der Waals surface area contributed by atoms with Crippen LogP contribution in [-0.2, 0) is 0 Å². The number of primary amides is 2. The van der Waals surface area contributed by atoms with Gasteiger partial charge in [0.2, 0.25) is 0 Å². The van der Waals surface area contributed by atoms with Crippen molar-refractivity contribution in [3.63, 3.8) is 0 Å². The van der Waals surface area contributed by atoms with Gasteiger partial charge in [0.05, 0.1) is 0 Å². The third-order valence-corrected chi connectivity index (χ3v) is 0. The lowest BCUT2D eigenvalue weighted by atomic mass is 11.2. The highest BCUT2D eigenvalue weighted by molar-refractivity contribution is 8.59. The minimum absolute atomic E-state index is 0.833. The quantitative estimate of drug-likeness (QED) is 0.263. The lowest BCUT2D eigenvalue weighted by Crippen LogP contribution is -2.18. The molecule has 0 rings (SSSR count). The van der Waals surface area contributed by atoms with Gasteiger partial charge in [0, 0.05) is 0 Å². The number of nitrogens with two attached hydrogens (primary N) is 2. The molecule has 0 aromatic heterocycles. The second-order valence-electron chi connectivity index (χ2n) is 0.402. The van der Waals surface area contributed by atoms with Crippen LogP contribution in [0.3, 0.4) is 0 Å². The topological polar surface area (TPSA) is 69.1 Å². The molecule has 6 heavy (non-hydrogen) atoms. The first kappa shape index (κ1) is 9.36. The third kappa shape index (κ3) is 38900. The number of carbonyl (C=O) groups is 1. The summed E-state index contributed by atoms with van der Waals surface area (Å²) in [4.78, 5) is 9.00. The summed E-state index contributed by atoms with van der Waals surface area (Å²) in [7, 11) is 0. The molecule has 4 N–H and O–H groups in total. The van der Waals surface area contributed by atoms with Crippen molar-refractivity contribution in [2.24, 2.45) is 11.5 Å². The average Bonchev–Trinajstić information content (AvgIpc) is 1.41. The molecule has 38 valence electrons. The summed E-state index contributed by atoms with van der Waals surface area (Å²) in [5, 5.41) is 0. The van der Waals surface area contributed by atoms with E-state index in [2.05, 4.69) is 34.8 Å². The maximum absolute atomic E-state index is 9.00. The van der Waals surface area contributed by atoms with Crippen LogP contribution in [0.15, 0.2) is 0 Å². The first-order valence-corrected chi connectivity index (χ1v) is 2.58. The minimum Gasteiger partial charge on any atom is -0.352 e. The standard InChI is InChI=1S/CH4N2O.H2S2/c2-1(3)4;1-2/h(H4,2,3,4);1-2H. The van der Waals surface area contributed by atoms with E-state index < -0.39 is 6.03 Å². The number of carbonyl (C=O) groups excluding carboxylic acids is 1. The molecule has 0 aliphatic rings. The molecule has 0 unspecified atom stereocenters. The van der Waals surface area contributed by atoms with Crippen LogP contribution in [0.4, 0.5) is 4.79 Å². The Labute approximate surface area is 46.3 Å². The van der Waals surface area contributed by atoms with Crippen LogP contribution in [0.2, 0.25) is 0 Å². The van der Waals surface area contributed by atoms with Crippen molar-refractivity contribution >= 4 is 29.4 Å². The number of hydrogen-bond acceptors (Lipinski definition) is 3. The van der Waals surface area contributed by atoms with Crippen LogP contribution in [0.5, 0.6) is 0 Å². The molecule has 5 heteroatoms. The van der Waals surface area contributed by atoms with Crippen molar-refractivity contribution in [3.05, 3.63) is 0 Å². The average molecular weight is 126 g/mol. The molecular weight excluding hydrogens is 120 g/mol. The Hall–Kier alpha value is -0.0300. The lowest BCUT2D eigenvalue weighted by molar-refractivity contribution is 0.256. The van der Waals surface area contributed by atoms with Crippen molar-refractivity contribution < 1.29 is 4.79 Å². The van der Waals surface area contributed by atoms with Gasteiger partial charge in [0.25, 0.3) is 0 Å². The van der Waals surface area contributed by atoms with E-state index in [9.17, 15) is 0 Å². The van der Waals surface area contributed by atoms with Crippen LogP contribution in [0.25, 0.3) is 0 Å². The van der Waals surface area contributed by atoms with Gasteiger partial charge in [-0.05, 0) is 0 Å². The summed E-state index contributed by atoms with van der Waals surface area (Å²) in [5.41, 5.74) is 8.50. The van der Waals surface area contributed by atoms with Gasteiger partial charge in [-0.3, -0.25) is 0 Å². The Bertz CT molecular complexity index is 34.5. The highest BCUT2D eigenvalue weighted by Crippen LogP contribution is 1.65. The molecule has 0 atom stereocenters. The highest BCUT2D eigenvalue weighted by Gasteiger charge is 1.60. The maximum Gasteiger partial charge on any atom is 0.309 e. The molecule has 0 bridgehead atoms. The number of amides is 2. The fraction of sp³-hybridized carbons (Fsp3) is 0. The van der Waals surface area contributed by atoms with E-state index in [4.69, 9.17) is 4.79 Å². The smallest absolute Gasteiger partial charge is 0.309 e. The molecule has 0 radical (unpaired) electrons. The van der Waals surface area contributed by atoms with Gasteiger partial charge in [-0.2, -0.15) is 0 Å². The zero-order valence-electron chi connectivity index (χ0n) is 2.96. The Morgan fingerprint density at radius 3 is 1.33 bits per heavy atom. The Kier molecular flexibility index (Phi) is 13.8. The van der Waals surface area contributed by atoms with Crippen molar-refractivity contribution in [2.75, 3.05) is 0 Å². The number of urea groups is 1. The van der Waals surface area contributed by atoms with Crippen molar-refractivity contribution in [1.29, 1.82) is 0 Å². The van der Waals surface area contributed by atoms with Crippen LogP contribution >= 0.6 is 23.3 Å². The zero-order valence-corrected chi connectivity index (χ0v) is 4.75. The first-order chi connectivity index (χ1) is 2.73. The Morgan fingerprint density at radius 1 is 1.33 bits per heavy atom. The maximum atomic E-state index is 9.00. The van der Waals surface area contributed by atoms with E-state index in [-0.39, 0.29) is 0 Å². The summed E-state index contributed by atoms with van der Waals surface area (Å²) in [6.45, 7) is 0. The van der Waals surface area contributed by atoms with Crippen LogP contribution in [0, 0.1) is 0 Å². The summed E-state index contributed by atoms with van der Waals surface area (Å²) >= 11 is 6.44. The van der Waals surface area contributed by atoms with E-state index >= 15 is 0 Å². The van der Waals surface area contributed by atoms with Gasteiger partial charge in [-0.1, -0.05) is 0 Å². The molecule has 2 amide bonds. The molecule has 0 aromatic rings. The lowest BCUT2D eigenvalue weighted by Gasteiger charge is -1.62. The van der Waals surface area contributed by atoms with Gasteiger partial charge in [0.1, 0.15) is 0 Å². The predicted octanol–water partition coefficient (Wildman–Crippen LogP) is -0.215. The number of thiol groups is 2. The largest absolute Gasteiger partial charge is 0.352 e. The summed E-state index contributed by atoms with van der Waals surface area (Å²) in [6.07, 6.45) is 0. The van der Waals surface area contributed by atoms with Gasteiger partial charge >= 0.3 is 6.03 Å². The second kappa shape index (κ2) is 8.88. The van der Waals surface area contributed by atoms with E-state index in [0.717, 1.165) is 0 Å². The molecule has 0 fully saturated rings.